The Morgan fingerprint density at radius 1 is 1.28 bits per heavy atom. The SMILES string of the molecule is CCCCCCCC(=O)Nc1c(N)cccc1F. The highest BCUT2D eigenvalue weighted by Gasteiger charge is 2.09. The van der Waals surface area contributed by atoms with E-state index in [0.29, 0.717) is 6.42 Å². The van der Waals surface area contributed by atoms with Gasteiger partial charge in [-0.05, 0) is 18.6 Å². The van der Waals surface area contributed by atoms with Crippen LogP contribution in [0.4, 0.5) is 15.8 Å². The molecule has 3 nitrogen and oxygen atoms in total. The Morgan fingerprint density at radius 3 is 2.67 bits per heavy atom. The van der Waals surface area contributed by atoms with Crippen molar-refractivity contribution in [2.75, 3.05) is 11.1 Å². The number of nitrogens with two attached hydrogens (primary N) is 1. The molecule has 0 aliphatic heterocycles. The molecular formula is C14H21FN2O. The topological polar surface area (TPSA) is 55.1 Å². The third-order valence-corrected chi connectivity index (χ3v) is 2.82. The summed E-state index contributed by atoms with van der Waals surface area (Å²) in [7, 11) is 0. The zero-order chi connectivity index (χ0) is 13.4. The fraction of sp³-hybridized carbons (Fsp3) is 0.500. The molecule has 3 N–H and O–H groups in total. The molecule has 0 aliphatic rings. The maximum absolute atomic E-state index is 13.4. The van der Waals surface area contributed by atoms with Gasteiger partial charge in [-0.15, -0.1) is 0 Å². The molecular weight excluding hydrogens is 231 g/mol. The van der Waals surface area contributed by atoms with E-state index < -0.39 is 5.82 Å². The third kappa shape index (κ3) is 4.73. The fourth-order valence-electron chi connectivity index (χ4n) is 1.76. The number of amides is 1. The lowest BCUT2D eigenvalue weighted by Gasteiger charge is -2.08. The number of hydrogen-bond donors (Lipinski definition) is 2. The Labute approximate surface area is 108 Å². The molecule has 100 valence electrons. The summed E-state index contributed by atoms with van der Waals surface area (Å²) < 4.78 is 13.4. The van der Waals surface area contributed by atoms with Crippen LogP contribution in [0.25, 0.3) is 0 Å². The lowest BCUT2D eigenvalue weighted by Crippen LogP contribution is -2.13. The summed E-state index contributed by atoms with van der Waals surface area (Å²) in [5.74, 6) is -0.669. The van der Waals surface area contributed by atoms with Crippen molar-refractivity contribution in [3.8, 4) is 0 Å². The van der Waals surface area contributed by atoms with E-state index in [2.05, 4.69) is 12.2 Å². The van der Waals surface area contributed by atoms with Crippen molar-refractivity contribution in [3.05, 3.63) is 24.0 Å². The minimum Gasteiger partial charge on any atom is -0.397 e. The fourth-order valence-corrected chi connectivity index (χ4v) is 1.76. The highest BCUT2D eigenvalue weighted by Crippen LogP contribution is 2.22. The number of unbranched alkanes of at least 4 members (excludes halogenated alkanes) is 4. The molecule has 1 aromatic carbocycles. The number of nitrogen functional groups attached to an aromatic ring is 1. The standard InChI is InChI=1S/C14H21FN2O/c1-2-3-4-5-6-10-13(18)17-14-11(15)8-7-9-12(14)16/h7-9H,2-6,10,16H2,1H3,(H,17,18). The molecule has 0 saturated carbocycles. The summed E-state index contributed by atoms with van der Waals surface area (Å²) >= 11 is 0. The van der Waals surface area contributed by atoms with Gasteiger partial charge in [-0.3, -0.25) is 4.79 Å². The zero-order valence-corrected chi connectivity index (χ0v) is 10.8. The van der Waals surface area contributed by atoms with Gasteiger partial charge in [-0.2, -0.15) is 0 Å². The minimum absolute atomic E-state index is 0.0936. The normalized spacial score (nSPS) is 10.3. The van der Waals surface area contributed by atoms with E-state index in [1.54, 1.807) is 6.07 Å². The van der Waals surface area contributed by atoms with E-state index >= 15 is 0 Å². The summed E-state index contributed by atoms with van der Waals surface area (Å²) in [5, 5.41) is 2.53. The third-order valence-electron chi connectivity index (χ3n) is 2.82. The number of anilines is 2. The number of halogens is 1. The second-order valence-electron chi connectivity index (χ2n) is 4.42. The molecule has 0 heterocycles. The molecule has 0 radical (unpaired) electrons. The first kappa shape index (κ1) is 14.5. The van der Waals surface area contributed by atoms with Crippen LogP contribution < -0.4 is 11.1 Å². The van der Waals surface area contributed by atoms with Gasteiger partial charge in [0.15, 0.2) is 0 Å². The first-order chi connectivity index (χ1) is 8.65. The van der Waals surface area contributed by atoms with Gasteiger partial charge in [0.25, 0.3) is 0 Å². The van der Waals surface area contributed by atoms with Crippen LogP contribution in [0.5, 0.6) is 0 Å². The van der Waals surface area contributed by atoms with Crippen molar-refractivity contribution in [3.63, 3.8) is 0 Å². The Morgan fingerprint density at radius 2 is 2.00 bits per heavy atom. The van der Waals surface area contributed by atoms with Gasteiger partial charge in [-0.1, -0.05) is 38.7 Å². The molecule has 0 saturated heterocycles. The molecule has 1 aromatic rings. The molecule has 1 amide bonds. The van der Waals surface area contributed by atoms with Crippen LogP contribution >= 0.6 is 0 Å². The van der Waals surface area contributed by atoms with Crippen molar-refractivity contribution in [2.45, 2.75) is 45.4 Å². The predicted molar refractivity (Wildman–Crippen MR) is 72.8 cm³/mol. The predicted octanol–water partition coefficient (Wildman–Crippen LogP) is 3.71. The highest BCUT2D eigenvalue weighted by molar-refractivity contribution is 5.93. The second kappa shape index (κ2) is 7.69. The number of nitrogens with one attached hydrogen (secondary N) is 1. The van der Waals surface area contributed by atoms with Gasteiger partial charge >= 0.3 is 0 Å². The van der Waals surface area contributed by atoms with Crippen LogP contribution in [0.1, 0.15) is 45.4 Å². The van der Waals surface area contributed by atoms with E-state index in [0.717, 1.165) is 19.3 Å². The Bertz CT molecular complexity index is 373. The van der Waals surface area contributed by atoms with E-state index in [1.807, 2.05) is 0 Å². The maximum Gasteiger partial charge on any atom is 0.224 e. The molecule has 0 fully saturated rings. The van der Waals surface area contributed by atoms with Gasteiger partial charge < -0.3 is 11.1 Å². The number of carbonyl (C=O) groups is 1. The molecule has 0 atom stereocenters. The first-order valence-electron chi connectivity index (χ1n) is 6.49. The van der Waals surface area contributed by atoms with Crippen LogP contribution in [0.15, 0.2) is 18.2 Å². The summed E-state index contributed by atoms with van der Waals surface area (Å²) in [5.41, 5.74) is 5.96. The lowest BCUT2D eigenvalue weighted by molar-refractivity contribution is -0.116. The largest absolute Gasteiger partial charge is 0.397 e. The number of carbonyl (C=O) groups excluding carboxylic acids is 1. The van der Waals surface area contributed by atoms with Gasteiger partial charge in [0.1, 0.15) is 11.5 Å². The average molecular weight is 252 g/mol. The van der Waals surface area contributed by atoms with E-state index in [9.17, 15) is 9.18 Å². The summed E-state index contributed by atoms with van der Waals surface area (Å²) in [6.07, 6.45) is 5.80. The Balaban J connectivity index is 2.36. The van der Waals surface area contributed by atoms with Crippen molar-refractivity contribution < 1.29 is 9.18 Å². The molecule has 18 heavy (non-hydrogen) atoms. The van der Waals surface area contributed by atoms with E-state index in [1.165, 1.54) is 25.0 Å². The van der Waals surface area contributed by atoms with Crippen LogP contribution in [0, 0.1) is 5.82 Å². The van der Waals surface area contributed by atoms with Crippen molar-refractivity contribution in [1.82, 2.24) is 0 Å². The lowest BCUT2D eigenvalue weighted by atomic mass is 10.1. The molecule has 0 unspecified atom stereocenters. The summed E-state index contributed by atoms with van der Waals surface area (Å²) in [6, 6.07) is 4.37. The van der Waals surface area contributed by atoms with Gasteiger partial charge in [0, 0.05) is 6.42 Å². The molecule has 1 rings (SSSR count). The van der Waals surface area contributed by atoms with Crippen molar-refractivity contribution in [1.29, 1.82) is 0 Å². The summed E-state index contributed by atoms with van der Waals surface area (Å²) in [4.78, 5) is 11.6. The van der Waals surface area contributed by atoms with Crippen LogP contribution in [-0.2, 0) is 4.79 Å². The first-order valence-corrected chi connectivity index (χ1v) is 6.49. The quantitative estimate of drug-likeness (QED) is 0.574. The van der Waals surface area contributed by atoms with Gasteiger partial charge in [0.2, 0.25) is 5.91 Å². The number of para-hydroxylation sites is 1. The average Bonchev–Trinajstić information content (AvgIpc) is 2.34. The monoisotopic (exact) mass is 252 g/mol. The van der Waals surface area contributed by atoms with Crippen LogP contribution in [0.2, 0.25) is 0 Å². The van der Waals surface area contributed by atoms with Crippen LogP contribution in [0.3, 0.4) is 0 Å². The maximum atomic E-state index is 13.4. The number of hydrogen-bond acceptors (Lipinski definition) is 2. The minimum atomic E-state index is -0.491. The highest BCUT2D eigenvalue weighted by atomic mass is 19.1. The van der Waals surface area contributed by atoms with E-state index in [-0.39, 0.29) is 17.3 Å². The van der Waals surface area contributed by atoms with E-state index in [4.69, 9.17) is 5.73 Å². The Kier molecular flexibility index (Phi) is 6.19. The van der Waals surface area contributed by atoms with Gasteiger partial charge in [-0.25, -0.2) is 4.39 Å². The molecule has 0 aliphatic carbocycles. The molecule has 4 heteroatoms. The zero-order valence-electron chi connectivity index (χ0n) is 10.8. The molecule has 0 spiro atoms. The molecule has 0 aromatic heterocycles. The number of benzene rings is 1. The van der Waals surface area contributed by atoms with Crippen molar-refractivity contribution >= 4 is 17.3 Å². The summed E-state index contributed by atoms with van der Waals surface area (Å²) in [6.45, 7) is 2.15. The van der Waals surface area contributed by atoms with Gasteiger partial charge in [0.05, 0.1) is 5.69 Å². The van der Waals surface area contributed by atoms with Crippen LogP contribution in [-0.4, -0.2) is 5.91 Å². The second-order valence-corrected chi connectivity index (χ2v) is 4.42. The smallest absolute Gasteiger partial charge is 0.224 e. The molecule has 0 bridgehead atoms. The number of rotatable bonds is 7. The van der Waals surface area contributed by atoms with Crippen molar-refractivity contribution in [2.24, 2.45) is 0 Å². The Hall–Kier alpha value is -1.58.